The van der Waals surface area contributed by atoms with Crippen LogP contribution in [0, 0.1) is 7.14 Å². The van der Waals surface area contributed by atoms with Crippen molar-refractivity contribution in [3.8, 4) is 17.3 Å². The maximum absolute atomic E-state index is 13.3. The second-order valence-corrected chi connectivity index (χ2v) is 10.2. The molecule has 2 aromatic heterocycles. The summed E-state index contributed by atoms with van der Waals surface area (Å²) in [4.78, 5) is 18.0. The molecule has 0 atom stereocenters. The maximum Gasteiger partial charge on any atom is 0.282 e. The van der Waals surface area contributed by atoms with Gasteiger partial charge in [-0.1, -0.05) is 28.1 Å². The molecule has 9 heteroatoms. The van der Waals surface area contributed by atoms with Gasteiger partial charge in [-0.3, -0.25) is 4.79 Å². The Balaban J connectivity index is 1.73. The molecule has 0 amide bonds. The van der Waals surface area contributed by atoms with Gasteiger partial charge in [-0.2, -0.15) is 9.78 Å². The predicted molar refractivity (Wildman–Crippen MR) is 145 cm³/mol. The molecule has 0 saturated heterocycles. The lowest BCUT2D eigenvalue weighted by Gasteiger charge is -2.07. The fourth-order valence-electron chi connectivity index (χ4n) is 3.30. The van der Waals surface area contributed by atoms with Crippen molar-refractivity contribution in [2.24, 2.45) is 5.10 Å². The van der Waals surface area contributed by atoms with E-state index < -0.39 is 0 Å². The number of fused-ring (bicyclic) bond motifs is 2. The summed E-state index contributed by atoms with van der Waals surface area (Å²) < 4.78 is 9.58. The number of hydrogen-bond donors (Lipinski definition) is 1. The number of rotatable bonds is 3. The summed E-state index contributed by atoms with van der Waals surface area (Å²) in [6.45, 7) is 0. The predicted octanol–water partition coefficient (Wildman–Crippen LogP) is 6.37. The van der Waals surface area contributed by atoms with Gasteiger partial charge in [-0.15, -0.1) is 0 Å². The fourth-order valence-corrected chi connectivity index (χ4v) is 5.49. The van der Waals surface area contributed by atoms with Crippen molar-refractivity contribution >= 4 is 89.2 Å². The number of furan rings is 1. The number of aromatic hydroxyl groups is 1. The van der Waals surface area contributed by atoms with Crippen molar-refractivity contribution in [1.82, 2.24) is 9.66 Å². The van der Waals surface area contributed by atoms with Crippen molar-refractivity contribution in [1.29, 1.82) is 0 Å². The Morgan fingerprint density at radius 2 is 1.81 bits per heavy atom. The lowest BCUT2D eigenvalue weighted by Crippen LogP contribution is -2.20. The Morgan fingerprint density at radius 3 is 2.59 bits per heavy atom. The number of aromatic nitrogens is 2. The van der Waals surface area contributed by atoms with Crippen LogP contribution in [0.5, 0.6) is 5.75 Å². The van der Waals surface area contributed by atoms with Crippen LogP contribution < -0.4 is 5.56 Å². The van der Waals surface area contributed by atoms with Gasteiger partial charge in [0.2, 0.25) is 5.82 Å². The van der Waals surface area contributed by atoms with E-state index in [0.29, 0.717) is 35.2 Å². The highest BCUT2D eigenvalue weighted by Gasteiger charge is 2.16. The molecule has 0 unspecified atom stereocenters. The Kier molecular flexibility index (Phi) is 5.80. The van der Waals surface area contributed by atoms with Crippen molar-refractivity contribution < 1.29 is 9.52 Å². The molecular weight excluding hydrogens is 700 g/mol. The summed E-state index contributed by atoms with van der Waals surface area (Å²) in [7, 11) is 0. The van der Waals surface area contributed by atoms with E-state index in [1.54, 1.807) is 36.5 Å². The minimum absolute atomic E-state index is 0.224. The zero-order valence-corrected chi connectivity index (χ0v) is 22.0. The molecule has 32 heavy (non-hydrogen) atoms. The summed E-state index contributed by atoms with van der Waals surface area (Å²) in [6.07, 6.45) is 1.57. The van der Waals surface area contributed by atoms with Gasteiger partial charge in [0.15, 0.2) is 5.76 Å². The third kappa shape index (κ3) is 3.97. The first-order valence-electron chi connectivity index (χ1n) is 9.34. The summed E-state index contributed by atoms with van der Waals surface area (Å²) in [5.41, 5.74) is 1.70. The number of nitrogens with zero attached hydrogens (tertiary/aromatic N) is 3. The highest BCUT2D eigenvalue weighted by Crippen LogP contribution is 2.30. The number of halogens is 3. The van der Waals surface area contributed by atoms with Gasteiger partial charge in [0.25, 0.3) is 5.56 Å². The van der Waals surface area contributed by atoms with E-state index in [2.05, 4.69) is 71.2 Å². The summed E-state index contributed by atoms with van der Waals surface area (Å²) >= 11 is 7.59. The van der Waals surface area contributed by atoms with E-state index in [1.165, 1.54) is 4.68 Å². The monoisotopic (exact) mass is 711 g/mol. The second-order valence-electron chi connectivity index (χ2n) is 6.94. The van der Waals surface area contributed by atoms with Gasteiger partial charge in [0.1, 0.15) is 11.3 Å². The molecule has 0 bridgehead atoms. The van der Waals surface area contributed by atoms with Gasteiger partial charge in [0, 0.05) is 9.86 Å². The second kappa shape index (κ2) is 8.60. The largest absolute Gasteiger partial charge is 0.506 e. The number of phenols is 1. The SMILES string of the molecule is O=c1c2ccccc2nc(-c2cc3cc(Br)ccc3o2)n1N=Cc1cc(I)c(O)c(I)c1. The summed E-state index contributed by atoms with van der Waals surface area (Å²) in [5.74, 6) is 0.968. The Morgan fingerprint density at radius 1 is 1.06 bits per heavy atom. The van der Waals surface area contributed by atoms with Crippen molar-refractivity contribution in [2.45, 2.75) is 0 Å². The molecule has 2 heterocycles. The first-order chi connectivity index (χ1) is 15.4. The molecule has 5 rings (SSSR count). The number of para-hydroxylation sites is 1. The molecular formula is C23H12BrI2N3O3. The highest BCUT2D eigenvalue weighted by atomic mass is 127. The molecule has 0 aliphatic heterocycles. The lowest BCUT2D eigenvalue weighted by atomic mass is 10.2. The zero-order valence-electron chi connectivity index (χ0n) is 16.1. The third-order valence-electron chi connectivity index (χ3n) is 4.81. The molecule has 0 saturated carbocycles. The fraction of sp³-hybridized carbons (Fsp3) is 0. The van der Waals surface area contributed by atoms with E-state index in [0.717, 1.165) is 15.4 Å². The van der Waals surface area contributed by atoms with Crippen LogP contribution in [-0.2, 0) is 0 Å². The van der Waals surface area contributed by atoms with Crippen LogP contribution in [0.2, 0.25) is 0 Å². The van der Waals surface area contributed by atoms with Crippen LogP contribution in [0.25, 0.3) is 33.5 Å². The summed E-state index contributed by atoms with van der Waals surface area (Å²) in [6, 6.07) is 18.3. The molecule has 0 spiro atoms. The van der Waals surface area contributed by atoms with Crippen LogP contribution in [0.1, 0.15) is 5.56 Å². The van der Waals surface area contributed by atoms with Gasteiger partial charge in [0.05, 0.1) is 24.3 Å². The quantitative estimate of drug-likeness (QED) is 0.174. The lowest BCUT2D eigenvalue weighted by molar-refractivity contribution is 0.467. The molecule has 0 radical (unpaired) electrons. The Labute approximate surface area is 217 Å². The first kappa shape index (κ1) is 21.6. The van der Waals surface area contributed by atoms with E-state index in [-0.39, 0.29) is 11.3 Å². The third-order valence-corrected chi connectivity index (χ3v) is 6.95. The topological polar surface area (TPSA) is 80.6 Å². The molecule has 0 aliphatic carbocycles. The van der Waals surface area contributed by atoms with Crippen LogP contribution in [0.3, 0.4) is 0 Å². The Bertz CT molecular complexity index is 1590. The van der Waals surface area contributed by atoms with Gasteiger partial charge < -0.3 is 9.52 Å². The van der Waals surface area contributed by atoms with Gasteiger partial charge in [-0.25, -0.2) is 4.98 Å². The number of benzene rings is 3. The molecule has 5 aromatic rings. The van der Waals surface area contributed by atoms with E-state index in [4.69, 9.17) is 4.42 Å². The van der Waals surface area contributed by atoms with E-state index in [1.807, 2.05) is 30.3 Å². The van der Waals surface area contributed by atoms with Crippen molar-refractivity contribution in [3.05, 3.63) is 88.2 Å². The minimum Gasteiger partial charge on any atom is -0.506 e. The standard InChI is InChI=1S/C23H12BrI2N3O3/c24-14-5-6-19-13(9-14)10-20(32-19)22-28-18-4-2-1-3-15(18)23(31)29(22)27-11-12-7-16(25)21(30)17(26)8-12/h1-11,30H. The highest BCUT2D eigenvalue weighted by molar-refractivity contribution is 14.1. The molecule has 3 aromatic carbocycles. The zero-order chi connectivity index (χ0) is 22.4. The first-order valence-corrected chi connectivity index (χ1v) is 12.3. The molecule has 0 fully saturated rings. The van der Waals surface area contributed by atoms with Gasteiger partial charge in [-0.05, 0) is 99.3 Å². The average Bonchev–Trinajstić information content (AvgIpc) is 3.19. The van der Waals surface area contributed by atoms with Crippen LogP contribution in [0.4, 0.5) is 0 Å². The van der Waals surface area contributed by atoms with Crippen LogP contribution >= 0.6 is 61.1 Å². The maximum atomic E-state index is 13.3. The number of phenolic OH excluding ortho intramolecular Hbond substituents is 1. The molecule has 1 N–H and O–H groups in total. The molecule has 0 aliphatic rings. The van der Waals surface area contributed by atoms with E-state index >= 15 is 0 Å². The van der Waals surface area contributed by atoms with Gasteiger partial charge >= 0.3 is 0 Å². The smallest absolute Gasteiger partial charge is 0.282 e. The van der Waals surface area contributed by atoms with Crippen LogP contribution in [-0.4, -0.2) is 21.0 Å². The van der Waals surface area contributed by atoms with Crippen molar-refractivity contribution in [3.63, 3.8) is 0 Å². The minimum atomic E-state index is -0.299. The number of hydrogen-bond acceptors (Lipinski definition) is 5. The van der Waals surface area contributed by atoms with Crippen molar-refractivity contribution in [2.75, 3.05) is 0 Å². The molecule has 6 nitrogen and oxygen atoms in total. The van der Waals surface area contributed by atoms with Crippen LogP contribution in [0.15, 0.2) is 79.4 Å². The van der Waals surface area contributed by atoms with E-state index in [9.17, 15) is 9.90 Å². The normalized spacial score (nSPS) is 11.7. The summed E-state index contributed by atoms with van der Waals surface area (Å²) in [5, 5.41) is 15.8. The molecule has 158 valence electrons. The Hall–Kier alpha value is -2.25. The average molecular weight is 712 g/mol.